The maximum atomic E-state index is 12.6. The number of fused-ring (bicyclic) bond motifs is 1. The minimum atomic E-state index is -0.113. The summed E-state index contributed by atoms with van der Waals surface area (Å²) in [5.74, 6) is 0.728. The first kappa shape index (κ1) is 14.9. The molecule has 0 N–H and O–H groups in total. The van der Waals surface area contributed by atoms with E-state index in [4.69, 9.17) is 4.52 Å². The first-order valence-corrected chi connectivity index (χ1v) is 8.44. The number of imidazole rings is 1. The van der Waals surface area contributed by atoms with Crippen molar-refractivity contribution in [2.75, 3.05) is 0 Å². The molecule has 7 heteroatoms. The zero-order chi connectivity index (χ0) is 16.8. The number of aromatic nitrogens is 4. The van der Waals surface area contributed by atoms with Crippen molar-refractivity contribution in [1.29, 1.82) is 0 Å². The van der Waals surface area contributed by atoms with Gasteiger partial charge in [0.15, 0.2) is 5.65 Å². The van der Waals surface area contributed by atoms with E-state index >= 15 is 0 Å². The van der Waals surface area contributed by atoms with Crippen LogP contribution in [-0.4, -0.2) is 19.3 Å². The van der Waals surface area contributed by atoms with Gasteiger partial charge in [-0.2, -0.15) is 0 Å². The lowest BCUT2D eigenvalue weighted by atomic mass is 10.2. The fourth-order valence-electron chi connectivity index (χ4n) is 2.80. The molecular weight excluding hydrogens is 324 g/mol. The molecule has 122 valence electrons. The van der Waals surface area contributed by atoms with Crippen LogP contribution in [0.4, 0.5) is 0 Å². The van der Waals surface area contributed by atoms with Crippen LogP contribution in [0.2, 0.25) is 0 Å². The van der Waals surface area contributed by atoms with E-state index in [1.54, 1.807) is 27.5 Å². The molecule has 0 saturated carbocycles. The number of hydrogen-bond acceptors (Lipinski definition) is 5. The third kappa shape index (κ3) is 2.37. The second kappa shape index (κ2) is 5.45. The Morgan fingerprint density at radius 2 is 2.08 bits per heavy atom. The normalized spacial score (nSPS) is 11.5. The Hall–Kier alpha value is -2.67. The molecule has 24 heavy (non-hydrogen) atoms. The van der Waals surface area contributed by atoms with E-state index < -0.39 is 0 Å². The van der Waals surface area contributed by atoms with Crippen molar-refractivity contribution >= 4 is 22.5 Å². The topological polar surface area (TPSA) is 65.8 Å². The first-order chi connectivity index (χ1) is 11.5. The van der Waals surface area contributed by atoms with Gasteiger partial charge >= 0.3 is 5.69 Å². The van der Waals surface area contributed by atoms with Crippen LogP contribution in [0.25, 0.3) is 21.6 Å². The fourth-order valence-corrected chi connectivity index (χ4v) is 3.68. The molecule has 4 aromatic heterocycles. The molecular formula is C17H16N4O2S. The summed E-state index contributed by atoms with van der Waals surface area (Å²) >= 11 is 1.67. The van der Waals surface area contributed by atoms with E-state index in [2.05, 4.69) is 28.5 Å². The summed E-state index contributed by atoms with van der Waals surface area (Å²) in [6, 6.07) is 5.98. The number of aryl methyl sites for hydroxylation is 3. The molecule has 0 radical (unpaired) electrons. The highest BCUT2D eigenvalue weighted by atomic mass is 32.1. The van der Waals surface area contributed by atoms with E-state index in [0.717, 1.165) is 27.4 Å². The van der Waals surface area contributed by atoms with Gasteiger partial charge in [0.2, 0.25) is 0 Å². The number of thiophene rings is 1. The van der Waals surface area contributed by atoms with Gasteiger partial charge in [-0.15, -0.1) is 11.3 Å². The van der Waals surface area contributed by atoms with E-state index in [-0.39, 0.29) is 5.69 Å². The molecule has 0 spiro atoms. The molecule has 0 aliphatic rings. The third-order valence-electron chi connectivity index (χ3n) is 3.99. The molecule has 4 aromatic rings. The highest BCUT2D eigenvalue weighted by Gasteiger charge is 2.15. The predicted molar refractivity (Wildman–Crippen MR) is 93.4 cm³/mol. The Balaban J connectivity index is 1.88. The Bertz CT molecular complexity index is 1100. The summed E-state index contributed by atoms with van der Waals surface area (Å²) in [5.41, 5.74) is 4.30. The lowest BCUT2D eigenvalue weighted by Gasteiger charge is -2.02. The van der Waals surface area contributed by atoms with Crippen LogP contribution < -0.4 is 5.69 Å². The zero-order valence-electron chi connectivity index (χ0n) is 13.6. The molecule has 0 bridgehead atoms. The predicted octanol–water partition coefficient (Wildman–Crippen LogP) is 3.12. The quantitative estimate of drug-likeness (QED) is 0.575. The molecule has 0 aromatic carbocycles. The summed E-state index contributed by atoms with van der Waals surface area (Å²) in [6.45, 7) is 4.26. The van der Waals surface area contributed by atoms with E-state index in [1.807, 2.05) is 25.3 Å². The monoisotopic (exact) mass is 340 g/mol. The van der Waals surface area contributed by atoms with Crippen LogP contribution in [-0.2, 0) is 13.6 Å². The number of nitrogens with zero attached hydrogens (tertiary/aromatic N) is 4. The Morgan fingerprint density at radius 1 is 1.25 bits per heavy atom. The first-order valence-electron chi connectivity index (χ1n) is 7.56. The van der Waals surface area contributed by atoms with Crippen molar-refractivity contribution in [1.82, 2.24) is 19.3 Å². The van der Waals surface area contributed by atoms with E-state index in [1.165, 1.54) is 5.56 Å². The van der Waals surface area contributed by atoms with Gasteiger partial charge in [0.25, 0.3) is 0 Å². The van der Waals surface area contributed by atoms with Gasteiger partial charge in [-0.05, 0) is 36.9 Å². The van der Waals surface area contributed by atoms with Crippen molar-refractivity contribution in [2.24, 2.45) is 7.05 Å². The average Bonchev–Trinajstić information content (AvgIpc) is 3.24. The van der Waals surface area contributed by atoms with Crippen LogP contribution in [0.1, 0.15) is 17.0 Å². The van der Waals surface area contributed by atoms with Gasteiger partial charge in [-0.1, -0.05) is 5.16 Å². The molecule has 0 aliphatic heterocycles. The number of pyridine rings is 1. The molecule has 6 nitrogen and oxygen atoms in total. The minimum absolute atomic E-state index is 0.113. The van der Waals surface area contributed by atoms with Crippen LogP contribution >= 0.6 is 11.3 Å². The lowest BCUT2D eigenvalue weighted by Crippen LogP contribution is -2.22. The van der Waals surface area contributed by atoms with Gasteiger partial charge in [-0.25, -0.2) is 9.78 Å². The lowest BCUT2D eigenvalue weighted by molar-refractivity contribution is 0.389. The Morgan fingerprint density at radius 3 is 2.75 bits per heavy atom. The van der Waals surface area contributed by atoms with Crippen molar-refractivity contribution in [3.63, 3.8) is 0 Å². The standard InChI is InChI=1S/C17H16N4O2S/c1-10-4-15(24-9-10)12-6-14-16(18-7-12)20(3)17(22)21(14)8-13-5-11(2)23-19-13/h4-7,9H,8H2,1-3H3. The van der Waals surface area contributed by atoms with Crippen LogP contribution in [0.3, 0.4) is 0 Å². The summed E-state index contributed by atoms with van der Waals surface area (Å²) < 4.78 is 8.35. The van der Waals surface area contributed by atoms with Gasteiger partial charge < -0.3 is 4.52 Å². The highest BCUT2D eigenvalue weighted by Crippen LogP contribution is 2.28. The van der Waals surface area contributed by atoms with Crippen LogP contribution in [0, 0.1) is 13.8 Å². The van der Waals surface area contributed by atoms with Crippen molar-refractivity contribution in [3.8, 4) is 10.4 Å². The minimum Gasteiger partial charge on any atom is -0.361 e. The largest absolute Gasteiger partial charge is 0.361 e. The average molecular weight is 340 g/mol. The summed E-state index contributed by atoms with van der Waals surface area (Å²) in [7, 11) is 1.73. The second-order valence-electron chi connectivity index (χ2n) is 5.91. The molecule has 0 amide bonds. The summed E-state index contributed by atoms with van der Waals surface area (Å²) in [6.07, 6.45) is 1.82. The highest BCUT2D eigenvalue weighted by molar-refractivity contribution is 7.13. The molecule has 0 atom stereocenters. The maximum absolute atomic E-state index is 12.6. The van der Waals surface area contributed by atoms with Crippen molar-refractivity contribution in [3.05, 3.63) is 57.3 Å². The van der Waals surface area contributed by atoms with E-state index in [9.17, 15) is 4.79 Å². The smallest absolute Gasteiger partial charge is 0.330 e. The second-order valence-corrected chi connectivity index (χ2v) is 6.82. The summed E-state index contributed by atoms with van der Waals surface area (Å²) in [4.78, 5) is 18.2. The van der Waals surface area contributed by atoms with Gasteiger partial charge in [0.1, 0.15) is 11.5 Å². The summed E-state index contributed by atoms with van der Waals surface area (Å²) in [5, 5.41) is 6.10. The SMILES string of the molecule is Cc1csc(-c2cnc3c(c2)n(Cc2cc(C)on2)c(=O)n3C)c1. The molecule has 4 heterocycles. The molecule has 0 saturated heterocycles. The van der Waals surface area contributed by atoms with Crippen molar-refractivity contribution < 1.29 is 4.52 Å². The Kier molecular flexibility index (Phi) is 3.38. The van der Waals surface area contributed by atoms with Gasteiger partial charge in [-0.3, -0.25) is 9.13 Å². The molecule has 4 rings (SSSR count). The number of hydrogen-bond donors (Lipinski definition) is 0. The van der Waals surface area contributed by atoms with Gasteiger partial charge in [0, 0.05) is 29.8 Å². The maximum Gasteiger partial charge on any atom is 0.330 e. The molecule has 0 unspecified atom stereocenters. The van der Waals surface area contributed by atoms with Crippen molar-refractivity contribution in [2.45, 2.75) is 20.4 Å². The van der Waals surface area contributed by atoms with Crippen LogP contribution in [0.15, 0.2) is 39.1 Å². The number of rotatable bonds is 3. The molecule has 0 fully saturated rings. The van der Waals surface area contributed by atoms with E-state index in [0.29, 0.717) is 12.2 Å². The molecule has 0 aliphatic carbocycles. The zero-order valence-corrected chi connectivity index (χ0v) is 14.4. The third-order valence-corrected chi connectivity index (χ3v) is 5.08. The Labute approximate surface area is 142 Å². The van der Waals surface area contributed by atoms with Gasteiger partial charge in [0.05, 0.1) is 12.1 Å². The fraction of sp³-hybridized carbons (Fsp3) is 0.235. The van der Waals surface area contributed by atoms with Crippen LogP contribution in [0.5, 0.6) is 0 Å².